The molecule has 0 heterocycles. The van der Waals surface area contributed by atoms with E-state index < -0.39 is 0 Å². The molecule has 0 aliphatic heterocycles. The summed E-state index contributed by atoms with van der Waals surface area (Å²) in [5.41, 5.74) is 0. The van der Waals surface area contributed by atoms with Gasteiger partial charge in [-0.05, 0) is 20.4 Å². The fourth-order valence-electron chi connectivity index (χ4n) is 1.08. The first kappa shape index (κ1) is 13.4. The molecule has 14 heavy (non-hydrogen) atoms. The summed E-state index contributed by atoms with van der Waals surface area (Å²) in [5, 5.41) is 3.04. The van der Waals surface area contributed by atoms with Crippen LogP contribution >= 0.6 is 0 Å². The maximum Gasteiger partial charge on any atom is 0.222 e. The molecule has 0 rings (SSSR count). The van der Waals surface area contributed by atoms with E-state index in [1.165, 1.54) is 0 Å². The Bertz CT molecular complexity index is 160. The van der Waals surface area contributed by atoms with Crippen molar-refractivity contribution in [2.24, 2.45) is 0 Å². The molecule has 0 aromatic carbocycles. The molecule has 0 aromatic heterocycles. The van der Waals surface area contributed by atoms with Crippen LogP contribution < -0.4 is 5.32 Å². The Morgan fingerprint density at radius 3 is 2.64 bits per heavy atom. The average molecular weight is 202 g/mol. The zero-order valence-electron chi connectivity index (χ0n) is 9.67. The third-order valence-corrected chi connectivity index (χ3v) is 1.93. The predicted molar refractivity (Wildman–Crippen MR) is 57.3 cm³/mol. The van der Waals surface area contributed by atoms with Gasteiger partial charge in [0.25, 0.3) is 0 Å². The minimum Gasteiger partial charge on any atom is -0.377 e. The van der Waals surface area contributed by atoms with Crippen LogP contribution in [0.15, 0.2) is 0 Å². The summed E-state index contributed by atoms with van der Waals surface area (Å²) in [7, 11) is 5.44. The molecule has 4 nitrogen and oxygen atoms in total. The zero-order valence-corrected chi connectivity index (χ0v) is 9.67. The van der Waals surface area contributed by atoms with E-state index in [0.29, 0.717) is 13.0 Å². The number of hydrogen-bond acceptors (Lipinski definition) is 3. The van der Waals surface area contributed by atoms with Gasteiger partial charge in [0, 0.05) is 33.7 Å². The van der Waals surface area contributed by atoms with Crippen molar-refractivity contribution in [3.05, 3.63) is 0 Å². The maximum atomic E-state index is 11.2. The van der Waals surface area contributed by atoms with Crippen molar-refractivity contribution in [1.82, 2.24) is 10.2 Å². The Morgan fingerprint density at radius 1 is 1.50 bits per heavy atom. The average Bonchev–Trinajstić information content (AvgIpc) is 2.12. The second-order valence-corrected chi connectivity index (χ2v) is 3.63. The largest absolute Gasteiger partial charge is 0.377 e. The monoisotopic (exact) mass is 202 g/mol. The van der Waals surface area contributed by atoms with Gasteiger partial charge in [0.15, 0.2) is 0 Å². The van der Waals surface area contributed by atoms with E-state index in [9.17, 15) is 4.79 Å². The standard InChI is InChI=1S/C10H22N2O2/c1-9(8-11-2)14-7-5-6-10(13)12(3)4/h9,11H,5-8H2,1-4H3. The summed E-state index contributed by atoms with van der Waals surface area (Å²) >= 11 is 0. The predicted octanol–water partition coefficient (Wildman–Crippen LogP) is 0.479. The lowest BCUT2D eigenvalue weighted by Crippen LogP contribution is -2.25. The van der Waals surface area contributed by atoms with Gasteiger partial charge in [-0.15, -0.1) is 0 Å². The number of rotatable bonds is 7. The molecule has 0 bridgehead atoms. The zero-order chi connectivity index (χ0) is 11.0. The number of nitrogens with one attached hydrogen (secondary N) is 1. The number of carbonyl (C=O) groups excluding carboxylic acids is 1. The molecule has 1 N–H and O–H groups in total. The molecule has 1 unspecified atom stereocenters. The molecular formula is C10H22N2O2. The summed E-state index contributed by atoms with van der Waals surface area (Å²) in [6.07, 6.45) is 1.58. The van der Waals surface area contributed by atoms with Gasteiger partial charge in [0.05, 0.1) is 6.10 Å². The highest BCUT2D eigenvalue weighted by Crippen LogP contribution is 1.96. The molecule has 1 amide bonds. The number of ether oxygens (including phenoxy) is 1. The number of hydrogen-bond donors (Lipinski definition) is 1. The molecule has 0 saturated heterocycles. The third kappa shape index (κ3) is 6.86. The number of carbonyl (C=O) groups is 1. The van der Waals surface area contributed by atoms with E-state index in [2.05, 4.69) is 5.32 Å². The molecule has 0 radical (unpaired) electrons. The number of nitrogens with zero attached hydrogens (tertiary/aromatic N) is 1. The van der Waals surface area contributed by atoms with Crippen LogP contribution in [0.3, 0.4) is 0 Å². The van der Waals surface area contributed by atoms with Crippen LogP contribution in [0, 0.1) is 0 Å². The summed E-state index contributed by atoms with van der Waals surface area (Å²) in [6.45, 7) is 3.52. The van der Waals surface area contributed by atoms with E-state index in [0.717, 1.165) is 13.0 Å². The lowest BCUT2D eigenvalue weighted by atomic mass is 10.3. The fourth-order valence-corrected chi connectivity index (χ4v) is 1.08. The normalized spacial score (nSPS) is 12.6. The highest BCUT2D eigenvalue weighted by atomic mass is 16.5. The number of likely N-dealkylation sites (N-methyl/N-ethyl adjacent to an activating group) is 1. The molecular weight excluding hydrogens is 180 g/mol. The Kier molecular flexibility index (Phi) is 7.42. The first-order valence-electron chi connectivity index (χ1n) is 5.04. The minimum absolute atomic E-state index is 0.162. The Morgan fingerprint density at radius 2 is 2.14 bits per heavy atom. The minimum atomic E-state index is 0.162. The van der Waals surface area contributed by atoms with Gasteiger partial charge in [-0.25, -0.2) is 0 Å². The quantitative estimate of drug-likeness (QED) is 0.611. The fraction of sp³-hybridized carbons (Fsp3) is 0.900. The molecule has 4 heteroatoms. The molecule has 0 aliphatic rings. The second kappa shape index (κ2) is 7.76. The van der Waals surface area contributed by atoms with Crippen LogP contribution in [0.25, 0.3) is 0 Å². The highest BCUT2D eigenvalue weighted by Gasteiger charge is 2.04. The molecule has 0 fully saturated rings. The van der Waals surface area contributed by atoms with Crippen LogP contribution in [0.4, 0.5) is 0 Å². The maximum absolute atomic E-state index is 11.2. The molecule has 0 aliphatic carbocycles. The van der Waals surface area contributed by atoms with Crippen molar-refractivity contribution in [2.75, 3.05) is 34.3 Å². The number of amides is 1. The van der Waals surface area contributed by atoms with Gasteiger partial charge in [-0.2, -0.15) is 0 Å². The van der Waals surface area contributed by atoms with Crippen molar-refractivity contribution in [3.63, 3.8) is 0 Å². The van der Waals surface area contributed by atoms with Crippen LogP contribution in [-0.2, 0) is 9.53 Å². The van der Waals surface area contributed by atoms with Gasteiger partial charge in [0.1, 0.15) is 0 Å². The van der Waals surface area contributed by atoms with Crippen molar-refractivity contribution in [3.8, 4) is 0 Å². The van der Waals surface area contributed by atoms with Crippen molar-refractivity contribution < 1.29 is 9.53 Å². The van der Waals surface area contributed by atoms with Crippen LogP contribution in [0.2, 0.25) is 0 Å². The lowest BCUT2D eigenvalue weighted by molar-refractivity contribution is -0.129. The Hall–Kier alpha value is -0.610. The van der Waals surface area contributed by atoms with E-state index in [-0.39, 0.29) is 12.0 Å². The molecule has 0 aromatic rings. The van der Waals surface area contributed by atoms with Crippen LogP contribution in [0.1, 0.15) is 19.8 Å². The van der Waals surface area contributed by atoms with Crippen molar-refractivity contribution >= 4 is 5.91 Å². The van der Waals surface area contributed by atoms with E-state index in [4.69, 9.17) is 4.74 Å². The summed E-state index contributed by atoms with van der Waals surface area (Å²) in [5.74, 6) is 0.162. The van der Waals surface area contributed by atoms with Gasteiger partial charge in [-0.3, -0.25) is 4.79 Å². The molecule has 0 saturated carbocycles. The summed E-state index contributed by atoms with van der Waals surface area (Å²) < 4.78 is 5.48. The topological polar surface area (TPSA) is 41.6 Å². The Labute approximate surface area is 86.6 Å². The van der Waals surface area contributed by atoms with Crippen LogP contribution in [-0.4, -0.2) is 51.2 Å². The first-order chi connectivity index (χ1) is 6.57. The lowest BCUT2D eigenvalue weighted by Gasteiger charge is -2.13. The van der Waals surface area contributed by atoms with Gasteiger partial charge < -0.3 is 15.0 Å². The highest BCUT2D eigenvalue weighted by molar-refractivity contribution is 5.75. The molecule has 1 atom stereocenters. The van der Waals surface area contributed by atoms with Crippen molar-refractivity contribution in [1.29, 1.82) is 0 Å². The van der Waals surface area contributed by atoms with E-state index >= 15 is 0 Å². The van der Waals surface area contributed by atoms with Gasteiger partial charge >= 0.3 is 0 Å². The summed E-state index contributed by atoms with van der Waals surface area (Å²) in [6, 6.07) is 0. The first-order valence-corrected chi connectivity index (χ1v) is 5.04. The van der Waals surface area contributed by atoms with Crippen molar-refractivity contribution in [2.45, 2.75) is 25.9 Å². The third-order valence-electron chi connectivity index (χ3n) is 1.93. The van der Waals surface area contributed by atoms with E-state index in [1.807, 2.05) is 14.0 Å². The second-order valence-electron chi connectivity index (χ2n) is 3.63. The van der Waals surface area contributed by atoms with Crippen LogP contribution in [0.5, 0.6) is 0 Å². The SMILES string of the molecule is CNCC(C)OCCCC(=O)N(C)C. The molecule has 84 valence electrons. The Balaban J connectivity index is 3.33. The van der Waals surface area contributed by atoms with Gasteiger partial charge in [0.2, 0.25) is 5.91 Å². The summed E-state index contributed by atoms with van der Waals surface area (Å²) in [4.78, 5) is 12.8. The van der Waals surface area contributed by atoms with E-state index in [1.54, 1.807) is 19.0 Å². The smallest absolute Gasteiger partial charge is 0.222 e. The molecule has 0 spiro atoms. The van der Waals surface area contributed by atoms with Gasteiger partial charge in [-0.1, -0.05) is 0 Å².